The molecule has 2 heterocycles. The maximum absolute atomic E-state index is 12.5. The van der Waals surface area contributed by atoms with Gasteiger partial charge in [0.05, 0.1) is 11.5 Å². The molecule has 0 spiro atoms. The van der Waals surface area contributed by atoms with E-state index in [1.165, 1.54) is 11.9 Å². The van der Waals surface area contributed by atoms with Crippen molar-refractivity contribution in [1.29, 1.82) is 0 Å². The molecule has 1 aromatic carbocycles. The van der Waals surface area contributed by atoms with Gasteiger partial charge in [0.15, 0.2) is 9.84 Å². The molecular weight excluding hydrogens is 364 g/mol. The van der Waals surface area contributed by atoms with E-state index in [4.69, 9.17) is 0 Å². The molecule has 1 aliphatic rings. The van der Waals surface area contributed by atoms with E-state index in [0.717, 1.165) is 5.56 Å². The topological polar surface area (TPSA) is 92.3 Å². The van der Waals surface area contributed by atoms with Gasteiger partial charge in [0.25, 0.3) is 5.91 Å². The van der Waals surface area contributed by atoms with Crippen molar-refractivity contribution < 1.29 is 13.2 Å². The number of nitrogens with one attached hydrogen (secondary N) is 1. The van der Waals surface area contributed by atoms with E-state index in [1.807, 2.05) is 43.0 Å². The number of amides is 1. The monoisotopic (exact) mass is 388 g/mol. The van der Waals surface area contributed by atoms with Crippen molar-refractivity contribution in [2.45, 2.75) is 32.9 Å². The Hall–Kier alpha value is -2.48. The molecule has 1 fully saturated rings. The summed E-state index contributed by atoms with van der Waals surface area (Å²) >= 11 is 0. The molecule has 1 amide bonds. The van der Waals surface area contributed by atoms with E-state index in [0.29, 0.717) is 25.3 Å². The molecule has 0 bridgehead atoms. The van der Waals surface area contributed by atoms with Crippen molar-refractivity contribution in [1.82, 2.24) is 15.3 Å². The number of carbonyl (C=O) groups excluding carboxylic acids is 1. The van der Waals surface area contributed by atoms with Crippen molar-refractivity contribution in [3.05, 3.63) is 53.5 Å². The highest BCUT2D eigenvalue weighted by atomic mass is 32.2. The molecule has 1 atom stereocenters. The quantitative estimate of drug-likeness (QED) is 0.810. The van der Waals surface area contributed by atoms with Gasteiger partial charge in [0.1, 0.15) is 17.8 Å². The molecule has 144 valence electrons. The minimum Gasteiger partial charge on any atom is -0.353 e. The van der Waals surface area contributed by atoms with E-state index in [1.54, 1.807) is 6.07 Å². The first kappa shape index (κ1) is 19.3. The molecule has 2 aromatic rings. The van der Waals surface area contributed by atoms with Gasteiger partial charge in [0.2, 0.25) is 0 Å². The van der Waals surface area contributed by atoms with Crippen LogP contribution in [0.25, 0.3) is 0 Å². The van der Waals surface area contributed by atoms with Crippen LogP contribution in [0.5, 0.6) is 0 Å². The van der Waals surface area contributed by atoms with Gasteiger partial charge >= 0.3 is 0 Å². The van der Waals surface area contributed by atoms with E-state index < -0.39 is 9.84 Å². The highest BCUT2D eigenvalue weighted by Gasteiger charge is 2.32. The molecule has 7 nitrogen and oxygen atoms in total. The average Bonchev–Trinajstić information content (AvgIpc) is 3.01. The maximum atomic E-state index is 12.5. The van der Waals surface area contributed by atoms with Crippen molar-refractivity contribution in [3.63, 3.8) is 0 Å². The van der Waals surface area contributed by atoms with Gasteiger partial charge in [-0.3, -0.25) is 4.79 Å². The van der Waals surface area contributed by atoms with Gasteiger partial charge < -0.3 is 10.2 Å². The number of nitrogens with zero attached hydrogens (tertiary/aromatic N) is 3. The lowest BCUT2D eigenvalue weighted by Gasteiger charge is -2.27. The summed E-state index contributed by atoms with van der Waals surface area (Å²) in [5.74, 6) is 0.618. The highest BCUT2D eigenvalue weighted by molar-refractivity contribution is 7.91. The summed E-state index contributed by atoms with van der Waals surface area (Å²) in [5.41, 5.74) is 2.44. The fourth-order valence-corrected chi connectivity index (χ4v) is 4.97. The average molecular weight is 388 g/mol. The fraction of sp³-hybridized carbons (Fsp3) is 0.421. The minimum absolute atomic E-state index is 0.113. The number of sulfone groups is 1. The lowest BCUT2D eigenvalue weighted by molar-refractivity contribution is 0.0945. The lowest BCUT2D eigenvalue weighted by Crippen LogP contribution is -2.37. The zero-order valence-electron chi connectivity index (χ0n) is 15.6. The largest absolute Gasteiger partial charge is 0.353 e. The number of aromatic nitrogens is 2. The number of hydrogen-bond acceptors (Lipinski definition) is 6. The third-order valence-electron chi connectivity index (χ3n) is 4.74. The third-order valence-corrected chi connectivity index (χ3v) is 6.49. The maximum Gasteiger partial charge on any atom is 0.270 e. The van der Waals surface area contributed by atoms with Crippen molar-refractivity contribution in [2.75, 3.05) is 23.0 Å². The number of aryl methyl sites for hydroxylation is 1. The first-order valence-corrected chi connectivity index (χ1v) is 10.8. The summed E-state index contributed by atoms with van der Waals surface area (Å²) in [7, 11) is -2.99. The Labute approximate surface area is 159 Å². The van der Waals surface area contributed by atoms with Crippen LogP contribution in [0.15, 0.2) is 36.7 Å². The predicted octanol–water partition coefficient (Wildman–Crippen LogP) is 1.73. The molecule has 0 saturated carbocycles. The Morgan fingerprint density at radius 1 is 1.26 bits per heavy atom. The molecule has 1 N–H and O–H groups in total. The third kappa shape index (κ3) is 4.82. The number of rotatable bonds is 6. The van der Waals surface area contributed by atoms with Gasteiger partial charge in [-0.1, -0.05) is 29.8 Å². The SMILES string of the molecule is CCN(c1cc(C(=O)NCc2ccc(C)cc2)ncn1)C1CCS(=O)(=O)C1. The molecule has 8 heteroatoms. The Bertz CT molecular complexity index is 913. The van der Waals surface area contributed by atoms with E-state index in [9.17, 15) is 13.2 Å². The second-order valence-electron chi connectivity index (χ2n) is 6.77. The molecule has 0 aliphatic carbocycles. The van der Waals surface area contributed by atoms with Gasteiger partial charge in [-0.15, -0.1) is 0 Å². The van der Waals surface area contributed by atoms with Crippen LogP contribution >= 0.6 is 0 Å². The van der Waals surface area contributed by atoms with Crippen molar-refractivity contribution in [3.8, 4) is 0 Å². The molecule has 1 unspecified atom stereocenters. The first-order chi connectivity index (χ1) is 12.9. The molecular formula is C19H24N4O3S. The van der Waals surface area contributed by atoms with Crippen LogP contribution in [0.2, 0.25) is 0 Å². The van der Waals surface area contributed by atoms with Crippen molar-refractivity contribution in [2.24, 2.45) is 0 Å². The zero-order valence-corrected chi connectivity index (χ0v) is 16.4. The summed E-state index contributed by atoms with van der Waals surface area (Å²) in [4.78, 5) is 22.7. The van der Waals surface area contributed by atoms with E-state index >= 15 is 0 Å². The van der Waals surface area contributed by atoms with Gasteiger partial charge in [-0.2, -0.15) is 0 Å². The molecule has 1 aliphatic heterocycles. The van der Waals surface area contributed by atoms with Crippen LogP contribution in [0.4, 0.5) is 5.82 Å². The summed E-state index contributed by atoms with van der Waals surface area (Å²) in [5, 5.41) is 2.86. The second kappa shape index (κ2) is 8.04. The zero-order chi connectivity index (χ0) is 19.4. The minimum atomic E-state index is -2.99. The Morgan fingerprint density at radius 3 is 2.63 bits per heavy atom. The van der Waals surface area contributed by atoms with E-state index in [-0.39, 0.29) is 29.1 Å². The Morgan fingerprint density at radius 2 is 2.00 bits per heavy atom. The van der Waals surface area contributed by atoms with E-state index in [2.05, 4.69) is 15.3 Å². The Balaban J connectivity index is 1.70. The smallest absolute Gasteiger partial charge is 0.270 e. The second-order valence-corrected chi connectivity index (χ2v) is 9.00. The summed E-state index contributed by atoms with van der Waals surface area (Å²) < 4.78 is 23.6. The van der Waals surface area contributed by atoms with Crippen molar-refractivity contribution >= 4 is 21.6 Å². The predicted molar refractivity (Wildman–Crippen MR) is 104 cm³/mol. The summed E-state index contributed by atoms with van der Waals surface area (Å²) in [6, 6.07) is 9.45. The van der Waals surface area contributed by atoms with Crippen LogP contribution in [-0.4, -0.2) is 48.4 Å². The standard InChI is InChI=1S/C19H24N4O3S/c1-3-23(16-8-9-27(25,26)12-16)18-10-17(21-13-22-18)19(24)20-11-15-6-4-14(2)5-7-15/h4-7,10,13,16H,3,8-9,11-12H2,1-2H3,(H,20,24). The Kier molecular flexibility index (Phi) is 5.74. The number of carbonyl (C=O) groups is 1. The van der Waals surface area contributed by atoms with Crippen LogP contribution in [-0.2, 0) is 16.4 Å². The van der Waals surface area contributed by atoms with Crippen LogP contribution in [0.1, 0.15) is 35.0 Å². The van der Waals surface area contributed by atoms with Crippen LogP contribution < -0.4 is 10.2 Å². The van der Waals surface area contributed by atoms with Gasteiger partial charge in [-0.25, -0.2) is 18.4 Å². The van der Waals surface area contributed by atoms with Crippen LogP contribution in [0, 0.1) is 6.92 Å². The summed E-state index contributed by atoms with van der Waals surface area (Å²) in [6.45, 7) is 4.99. The lowest BCUT2D eigenvalue weighted by atomic mass is 10.1. The van der Waals surface area contributed by atoms with Gasteiger partial charge in [0, 0.05) is 25.2 Å². The normalized spacial score (nSPS) is 18.2. The van der Waals surface area contributed by atoms with Crippen LogP contribution in [0.3, 0.4) is 0 Å². The summed E-state index contributed by atoms with van der Waals surface area (Å²) in [6.07, 6.45) is 1.93. The molecule has 27 heavy (non-hydrogen) atoms. The van der Waals surface area contributed by atoms with Gasteiger partial charge in [-0.05, 0) is 25.8 Å². The number of benzene rings is 1. The molecule has 1 saturated heterocycles. The highest BCUT2D eigenvalue weighted by Crippen LogP contribution is 2.22. The molecule has 3 rings (SSSR count). The number of hydrogen-bond donors (Lipinski definition) is 1. The fourth-order valence-electron chi connectivity index (χ4n) is 3.24. The number of anilines is 1. The molecule has 1 aromatic heterocycles. The molecule has 0 radical (unpaired) electrons. The first-order valence-electron chi connectivity index (χ1n) is 9.01.